The Morgan fingerprint density at radius 3 is 1.52 bits per heavy atom. The van der Waals surface area contributed by atoms with E-state index >= 15 is 0 Å². The second kappa shape index (κ2) is 10.2. The Bertz CT molecular complexity index is 718. The molecular formula is C17H21B2IO4Si. The Hall–Kier alpha value is -1.08. The number of halogens is 1. The van der Waals surface area contributed by atoms with Crippen LogP contribution in [0.25, 0.3) is 0 Å². The van der Waals surface area contributed by atoms with Crippen LogP contribution in [0.1, 0.15) is 5.56 Å². The van der Waals surface area contributed by atoms with E-state index in [0.29, 0.717) is 10.9 Å². The average molecular weight is 466 g/mol. The van der Waals surface area contributed by atoms with Crippen LogP contribution >= 0.6 is 22.6 Å². The molecule has 2 aromatic rings. The van der Waals surface area contributed by atoms with E-state index in [1.54, 1.807) is 24.3 Å². The summed E-state index contributed by atoms with van der Waals surface area (Å²) in [7, 11) is -4.08. The van der Waals surface area contributed by atoms with Gasteiger partial charge in [0.05, 0.1) is 0 Å². The van der Waals surface area contributed by atoms with Gasteiger partial charge in [0.25, 0.3) is 0 Å². The first-order chi connectivity index (χ1) is 11.6. The van der Waals surface area contributed by atoms with E-state index in [4.69, 9.17) is 20.1 Å². The molecule has 0 atom stereocenters. The number of hydrogen-bond acceptors (Lipinski definition) is 4. The van der Waals surface area contributed by atoms with Crippen molar-refractivity contribution in [3.63, 3.8) is 0 Å². The van der Waals surface area contributed by atoms with E-state index in [9.17, 15) is 0 Å². The highest BCUT2D eigenvalue weighted by atomic mass is 127. The minimum absolute atomic E-state index is 0.494. The summed E-state index contributed by atoms with van der Waals surface area (Å²) in [4.78, 5) is 0. The van der Waals surface area contributed by atoms with E-state index in [1.165, 1.54) is 0 Å². The minimum Gasteiger partial charge on any atom is -0.423 e. The van der Waals surface area contributed by atoms with Gasteiger partial charge in [-0.3, -0.25) is 0 Å². The predicted molar refractivity (Wildman–Crippen MR) is 115 cm³/mol. The fourth-order valence-corrected chi connectivity index (χ4v) is 2.51. The molecule has 0 heterocycles. The smallest absolute Gasteiger partial charge is 0.423 e. The summed E-state index contributed by atoms with van der Waals surface area (Å²) in [6.45, 7) is 6.56. The topological polar surface area (TPSA) is 80.9 Å². The van der Waals surface area contributed by atoms with Crippen molar-refractivity contribution >= 4 is 55.8 Å². The molecule has 0 saturated carbocycles. The molecule has 0 unspecified atom stereocenters. The average Bonchev–Trinajstić information content (AvgIpc) is 2.53. The lowest BCUT2D eigenvalue weighted by molar-refractivity contribution is 0.424. The quantitative estimate of drug-likeness (QED) is 0.297. The summed E-state index contributed by atoms with van der Waals surface area (Å²) in [5, 5.41) is 35.1. The molecule has 0 radical (unpaired) electrons. The first kappa shape index (κ1) is 22.0. The van der Waals surface area contributed by atoms with Crippen molar-refractivity contribution in [2.75, 3.05) is 0 Å². The maximum absolute atomic E-state index is 8.90. The van der Waals surface area contributed by atoms with E-state index in [1.807, 2.05) is 24.3 Å². The van der Waals surface area contributed by atoms with Crippen LogP contribution in [-0.4, -0.2) is 42.4 Å². The van der Waals surface area contributed by atoms with Crippen LogP contribution in [0, 0.1) is 15.0 Å². The highest BCUT2D eigenvalue weighted by Crippen LogP contribution is 2.00. The van der Waals surface area contributed by atoms with Gasteiger partial charge in [0.15, 0.2) is 0 Å². The zero-order chi connectivity index (χ0) is 19.0. The second-order valence-electron chi connectivity index (χ2n) is 6.42. The molecule has 0 aromatic heterocycles. The SMILES string of the molecule is C[Si](C)(C)C#Cc1ccc(B(O)O)cc1.OB(O)c1ccc(I)cc1. The van der Waals surface area contributed by atoms with Crippen LogP contribution in [0.2, 0.25) is 19.6 Å². The number of hydrogen-bond donors (Lipinski definition) is 4. The molecule has 0 aliphatic heterocycles. The van der Waals surface area contributed by atoms with E-state index < -0.39 is 22.3 Å². The molecule has 0 aliphatic carbocycles. The van der Waals surface area contributed by atoms with Gasteiger partial charge < -0.3 is 20.1 Å². The zero-order valence-corrected chi connectivity index (χ0v) is 17.6. The third kappa shape index (κ3) is 9.25. The molecular weight excluding hydrogens is 445 g/mol. The summed E-state index contributed by atoms with van der Waals surface area (Å²) in [5.41, 5.74) is 5.19. The second-order valence-corrected chi connectivity index (χ2v) is 12.4. The van der Waals surface area contributed by atoms with Gasteiger partial charge in [-0.05, 0) is 57.8 Å². The van der Waals surface area contributed by atoms with Crippen molar-refractivity contribution in [3.8, 4) is 11.5 Å². The molecule has 2 rings (SSSR count). The Morgan fingerprint density at radius 2 is 1.16 bits per heavy atom. The third-order valence-electron chi connectivity index (χ3n) is 2.96. The number of rotatable bonds is 2. The summed E-state index contributed by atoms with van der Waals surface area (Å²) in [5.74, 6) is 3.10. The minimum atomic E-state index is -1.40. The molecule has 4 nitrogen and oxygen atoms in total. The highest BCUT2D eigenvalue weighted by molar-refractivity contribution is 14.1. The zero-order valence-electron chi connectivity index (χ0n) is 14.4. The van der Waals surface area contributed by atoms with Gasteiger partial charge in [-0.15, -0.1) is 5.54 Å². The maximum atomic E-state index is 8.90. The van der Waals surface area contributed by atoms with E-state index in [-0.39, 0.29) is 0 Å². The maximum Gasteiger partial charge on any atom is 0.488 e. The molecule has 0 aliphatic rings. The summed E-state index contributed by atoms with van der Waals surface area (Å²) >= 11 is 2.16. The Kier molecular flexibility index (Phi) is 8.92. The molecule has 25 heavy (non-hydrogen) atoms. The molecule has 0 fully saturated rings. The van der Waals surface area contributed by atoms with Crippen LogP contribution in [0.5, 0.6) is 0 Å². The fourth-order valence-electron chi connectivity index (χ4n) is 1.63. The first-order valence-electron chi connectivity index (χ1n) is 7.69. The van der Waals surface area contributed by atoms with Crippen LogP contribution in [0.15, 0.2) is 48.5 Å². The van der Waals surface area contributed by atoms with Crippen molar-refractivity contribution < 1.29 is 20.1 Å². The van der Waals surface area contributed by atoms with Gasteiger partial charge in [0.1, 0.15) is 8.07 Å². The number of benzene rings is 2. The largest absolute Gasteiger partial charge is 0.488 e. The summed E-state index contributed by atoms with van der Waals surface area (Å²) in [6.07, 6.45) is 0. The monoisotopic (exact) mass is 466 g/mol. The lowest BCUT2D eigenvalue weighted by atomic mass is 9.80. The van der Waals surface area contributed by atoms with Gasteiger partial charge in [0, 0.05) is 9.13 Å². The van der Waals surface area contributed by atoms with Gasteiger partial charge >= 0.3 is 14.2 Å². The van der Waals surface area contributed by atoms with Crippen molar-refractivity contribution in [1.29, 1.82) is 0 Å². The van der Waals surface area contributed by atoms with Crippen LogP contribution in [-0.2, 0) is 0 Å². The van der Waals surface area contributed by atoms with E-state index in [2.05, 4.69) is 53.7 Å². The van der Waals surface area contributed by atoms with Crippen molar-refractivity contribution in [1.82, 2.24) is 0 Å². The molecule has 4 N–H and O–H groups in total. The normalized spacial score (nSPS) is 10.1. The lowest BCUT2D eigenvalue weighted by Gasteiger charge is -2.03. The Labute approximate surface area is 164 Å². The summed E-state index contributed by atoms with van der Waals surface area (Å²) in [6, 6.07) is 14.0. The molecule has 130 valence electrons. The van der Waals surface area contributed by atoms with Crippen LogP contribution in [0.3, 0.4) is 0 Å². The molecule has 0 amide bonds. The molecule has 0 saturated heterocycles. The van der Waals surface area contributed by atoms with Crippen molar-refractivity contribution in [2.45, 2.75) is 19.6 Å². The lowest BCUT2D eigenvalue weighted by Crippen LogP contribution is -2.29. The molecule has 2 aromatic carbocycles. The fraction of sp³-hybridized carbons (Fsp3) is 0.176. The molecule has 0 bridgehead atoms. The standard InChI is InChI=1S/C11H15BO2Si.C6H6BIO2/c1-15(2,3)9-8-10-4-6-11(7-5-10)12(13)14;8-6-3-1-5(2-4-6)7(9)10/h4-7,13-14H,1-3H3;1-4,9-10H. The highest BCUT2D eigenvalue weighted by Gasteiger charge is 2.10. The Morgan fingerprint density at radius 1 is 0.760 bits per heavy atom. The Balaban J connectivity index is 0.000000271. The van der Waals surface area contributed by atoms with Gasteiger partial charge in [-0.25, -0.2) is 0 Å². The van der Waals surface area contributed by atoms with Gasteiger partial charge in [0.2, 0.25) is 0 Å². The van der Waals surface area contributed by atoms with Crippen molar-refractivity contribution in [3.05, 3.63) is 57.7 Å². The molecule has 0 spiro atoms. The first-order valence-corrected chi connectivity index (χ1v) is 12.3. The van der Waals surface area contributed by atoms with E-state index in [0.717, 1.165) is 9.13 Å². The van der Waals surface area contributed by atoms with Crippen LogP contribution in [0.4, 0.5) is 0 Å². The van der Waals surface area contributed by atoms with Crippen LogP contribution < -0.4 is 10.9 Å². The third-order valence-corrected chi connectivity index (χ3v) is 4.55. The van der Waals surface area contributed by atoms with Gasteiger partial charge in [-0.2, -0.15) is 0 Å². The van der Waals surface area contributed by atoms with Gasteiger partial charge in [-0.1, -0.05) is 49.8 Å². The summed E-state index contributed by atoms with van der Waals surface area (Å²) < 4.78 is 1.09. The predicted octanol–water partition coefficient (Wildman–Crippen LogP) is 0.566. The molecule has 8 heteroatoms. The van der Waals surface area contributed by atoms with Crippen molar-refractivity contribution in [2.24, 2.45) is 0 Å².